The van der Waals surface area contributed by atoms with Gasteiger partial charge in [0.1, 0.15) is 0 Å². The van der Waals surface area contributed by atoms with Crippen molar-refractivity contribution in [2.75, 3.05) is 12.4 Å². The molecule has 8 heteroatoms. The van der Waals surface area contributed by atoms with E-state index < -0.39 is 5.97 Å². The first-order chi connectivity index (χ1) is 13.4. The Morgan fingerprint density at radius 1 is 1.11 bits per heavy atom. The Kier molecular flexibility index (Phi) is 5.90. The number of anilines is 1. The first-order valence-electron chi connectivity index (χ1n) is 8.30. The minimum atomic E-state index is -0.411. The molecule has 0 radical (unpaired) electrons. The van der Waals surface area contributed by atoms with Gasteiger partial charge in [-0.1, -0.05) is 12.1 Å². The number of methoxy groups -OCH3 is 1. The topological polar surface area (TPSA) is 96.9 Å². The molecule has 1 saturated heterocycles. The number of carbonyl (C=O) groups is 3. The quantitative estimate of drug-likeness (QED) is 0.611. The largest absolute Gasteiger partial charge is 0.465 e. The highest BCUT2D eigenvalue weighted by molar-refractivity contribution is 8.18. The van der Waals surface area contributed by atoms with E-state index in [1.165, 1.54) is 25.8 Å². The molecule has 2 aromatic rings. The number of nitrogens with zero attached hydrogens (tertiary/aromatic N) is 1. The van der Waals surface area contributed by atoms with Crippen LogP contribution < -0.4 is 10.6 Å². The highest BCUT2D eigenvalue weighted by atomic mass is 32.2. The molecule has 0 spiro atoms. The molecule has 1 aliphatic heterocycles. The van der Waals surface area contributed by atoms with E-state index in [0.29, 0.717) is 27.0 Å². The van der Waals surface area contributed by atoms with E-state index in [9.17, 15) is 14.4 Å². The van der Waals surface area contributed by atoms with Crippen molar-refractivity contribution < 1.29 is 19.1 Å². The first-order valence-corrected chi connectivity index (χ1v) is 9.12. The molecule has 2 aromatic carbocycles. The Labute approximate surface area is 165 Å². The maximum Gasteiger partial charge on any atom is 0.337 e. The zero-order valence-corrected chi connectivity index (χ0v) is 16.0. The molecule has 0 saturated carbocycles. The van der Waals surface area contributed by atoms with Crippen LogP contribution >= 0.6 is 11.8 Å². The summed E-state index contributed by atoms with van der Waals surface area (Å²) in [6, 6.07) is 13.7. The van der Waals surface area contributed by atoms with Crippen LogP contribution in [0.5, 0.6) is 0 Å². The highest BCUT2D eigenvalue weighted by Gasteiger charge is 2.23. The number of rotatable bonds is 4. The predicted octanol–water partition coefficient (Wildman–Crippen LogP) is 3.32. The average molecular weight is 395 g/mol. The fourth-order valence-corrected chi connectivity index (χ4v) is 3.25. The summed E-state index contributed by atoms with van der Waals surface area (Å²) in [4.78, 5) is 39.6. The molecule has 2 amide bonds. The van der Waals surface area contributed by atoms with Crippen LogP contribution in [0.15, 0.2) is 58.4 Å². The van der Waals surface area contributed by atoms with Crippen molar-refractivity contribution >= 4 is 52.2 Å². The van der Waals surface area contributed by atoms with Gasteiger partial charge in [0, 0.05) is 12.6 Å². The van der Waals surface area contributed by atoms with Crippen molar-refractivity contribution in [3.05, 3.63) is 64.6 Å². The van der Waals surface area contributed by atoms with Gasteiger partial charge in [0.05, 0.1) is 23.3 Å². The lowest BCUT2D eigenvalue weighted by molar-refractivity contribution is -0.115. The summed E-state index contributed by atoms with van der Waals surface area (Å²) in [5.41, 5.74) is 2.56. The number of hydrogen-bond acceptors (Lipinski definition) is 6. The van der Waals surface area contributed by atoms with Crippen molar-refractivity contribution in [3.8, 4) is 0 Å². The number of nitrogens with one attached hydrogen (secondary N) is 2. The second kappa shape index (κ2) is 8.53. The second-order valence-corrected chi connectivity index (χ2v) is 6.85. The van der Waals surface area contributed by atoms with Gasteiger partial charge in [-0.3, -0.25) is 9.59 Å². The van der Waals surface area contributed by atoms with Crippen molar-refractivity contribution in [3.63, 3.8) is 0 Å². The molecule has 0 aliphatic carbocycles. The van der Waals surface area contributed by atoms with Gasteiger partial charge in [-0.25, -0.2) is 9.79 Å². The van der Waals surface area contributed by atoms with E-state index in [1.807, 2.05) is 0 Å². The minimum absolute atomic E-state index is 0.146. The number of amidine groups is 1. The number of esters is 1. The smallest absolute Gasteiger partial charge is 0.337 e. The number of hydrogen-bond donors (Lipinski definition) is 2. The van der Waals surface area contributed by atoms with Gasteiger partial charge in [-0.2, -0.15) is 0 Å². The molecule has 1 aliphatic rings. The molecule has 1 fully saturated rings. The van der Waals surface area contributed by atoms with Crippen LogP contribution in [0.1, 0.15) is 22.8 Å². The lowest BCUT2D eigenvalue weighted by Crippen LogP contribution is -2.19. The Morgan fingerprint density at radius 2 is 1.79 bits per heavy atom. The van der Waals surface area contributed by atoms with E-state index >= 15 is 0 Å². The zero-order valence-electron chi connectivity index (χ0n) is 15.2. The van der Waals surface area contributed by atoms with Crippen LogP contribution in [0.4, 0.5) is 11.4 Å². The lowest BCUT2D eigenvalue weighted by atomic mass is 10.1. The number of benzene rings is 2. The van der Waals surface area contributed by atoms with Crippen molar-refractivity contribution in [1.29, 1.82) is 0 Å². The maximum absolute atomic E-state index is 12.2. The van der Waals surface area contributed by atoms with Crippen LogP contribution in [0.3, 0.4) is 0 Å². The number of carbonyl (C=O) groups excluding carboxylic acids is 3. The lowest BCUT2D eigenvalue weighted by Gasteiger charge is -2.02. The summed E-state index contributed by atoms with van der Waals surface area (Å²) in [6.45, 7) is 1.44. The molecule has 0 atom stereocenters. The molecular formula is C20H17N3O4S. The van der Waals surface area contributed by atoms with E-state index in [1.54, 1.807) is 54.6 Å². The van der Waals surface area contributed by atoms with Gasteiger partial charge in [0.2, 0.25) is 5.91 Å². The summed E-state index contributed by atoms with van der Waals surface area (Å²) in [5.74, 6) is -0.797. The second-order valence-electron chi connectivity index (χ2n) is 5.82. The first kappa shape index (κ1) is 19.4. The normalized spacial score (nSPS) is 16.1. The van der Waals surface area contributed by atoms with Crippen LogP contribution in [0.25, 0.3) is 6.08 Å². The van der Waals surface area contributed by atoms with E-state index in [0.717, 1.165) is 5.56 Å². The number of aliphatic imine (C=N–C) groups is 1. The van der Waals surface area contributed by atoms with Crippen LogP contribution in [0, 0.1) is 0 Å². The van der Waals surface area contributed by atoms with Crippen molar-refractivity contribution in [2.24, 2.45) is 4.99 Å². The average Bonchev–Trinajstić information content (AvgIpc) is 3.01. The third kappa shape index (κ3) is 4.86. The third-order valence-electron chi connectivity index (χ3n) is 3.70. The van der Waals surface area contributed by atoms with Gasteiger partial charge in [0.25, 0.3) is 5.91 Å². The zero-order chi connectivity index (χ0) is 20.1. The van der Waals surface area contributed by atoms with Crippen LogP contribution in [0.2, 0.25) is 0 Å². The monoisotopic (exact) mass is 395 g/mol. The molecule has 3 rings (SSSR count). The van der Waals surface area contributed by atoms with Crippen molar-refractivity contribution in [2.45, 2.75) is 6.92 Å². The Morgan fingerprint density at radius 3 is 2.39 bits per heavy atom. The summed E-state index contributed by atoms with van der Waals surface area (Å²) in [7, 11) is 1.33. The Balaban J connectivity index is 1.72. The molecule has 1 heterocycles. The minimum Gasteiger partial charge on any atom is -0.465 e. The molecule has 0 unspecified atom stereocenters. The van der Waals surface area contributed by atoms with E-state index in [-0.39, 0.29) is 11.8 Å². The van der Waals surface area contributed by atoms with Crippen LogP contribution in [-0.4, -0.2) is 30.1 Å². The fraction of sp³-hybridized carbons (Fsp3) is 0.100. The highest BCUT2D eigenvalue weighted by Crippen LogP contribution is 2.28. The van der Waals surface area contributed by atoms with Gasteiger partial charge in [-0.15, -0.1) is 0 Å². The van der Waals surface area contributed by atoms with E-state index in [4.69, 9.17) is 0 Å². The summed E-state index contributed by atoms with van der Waals surface area (Å²) in [5, 5.41) is 5.87. The molecule has 28 heavy (non-hydrogen) atoms. The number of ether oxygens (including phenoxy) is 1. The van der Waals surface area contributed by atoms with E-state index in [2.05, 4.69) is 20.4 Å². The summed E-state index contributed by atoms with van der Waals surface area (Å²) < 4.78 is 4.66. The Hall–Kier alpha value is -3.39. The number of amides is 2. The molecule has 0 aromatic heterocycles. The molecule has 142 valence electrons. The fourth-order valence-electron chi connectivity index (χ4n) is 2.40. The maximum atomic E-state index is 12.2. The summed E-state index contributed by atoms with van der Waals surface area (Å²) in [6.07, 6.45) is 1.73. The third-order valence-corrected chi connectivity index (χ3v) is 4.61. The SMILES string of the molecule is COC(=O)c1ccc(C=C2SC(=Nc3ccc(NC(C)=O)cc3)NC2=O)cc1. The molecule has 2 N–H and O–H groups in total. The van der Waals surface area contributed by atoms with Gasteiger partial charge in [0.15, 0.2) is 5.17 Å². The van der Waals surface area contributed by atoms with Gasteiger partial charge >= 0.3 is 5.97 Å². The Bertz CT molecular complexity index is 980. The van der Waals surface area contributed by atoms with Crippen LogP contribution in [-0.2, 0) is 14.3 Å². The predicted molar refractivity (Wildman–Crippen MR) is 109 cm³/mol. The van der Waals surface area contributed by atoms with Crippen molar-refractivity contribution in [1.82, 2.24) is 5.32 Å². The standard InChI is InChI=1S/C20H17N3O4S/c1-12(24)21-15-7-9-16(10-8-15)22-20-23-18(25)17(28-20)11-13-3-5-14(6-4-13)19(26)27-2/h3-11H,1-2H3,(H,21,24)(H,22,23,25). The number of thioether (sulfide) groups is 1. The summed E-state index contributed by atoms with van der Waals surface area (Å²) >= 11 is 1.23. The molecular weight excluding hydrogens is 378 g/mol. The van der Waals surface area contributed by atoms with Gasteiger partial charge < -0.3 is 15.4 Å². The molecule has 0 bridgehead atoms. The van der Waals surface area contributed by atoms with Gasteiger partial charge in [-0.05, 0) is 59.8 Å². The molecule has 7 nitrogen and oxygen atoms in total.